The maximum absolute atomic E-state index is 2.28. The lowest BCUT2D eigenvalue weighted by Gasteiger charge is -1.86. The predicted octanol–water partition coefficient (Wildman–Crippen LogP) is 1.07. The molecule has 0 radical (unpaired) electrons. The van der Waals surface area contributed by atoms with Crippen molar-refractivity contribution in [2.24, 2.45) is 0 Å². The summed E-state index contributed by atoms with van der Waals surface area (Å²) in [6, 6.07) is 0. The lowest BCUT2D eigenvalue weighted by atomic mass is 10.6. The Labute approximate surface area is 42.0 Å². The maximum atomic E-state index is 2.28. The van der Waals surface area contributed by atoms with E-state index in [0.29, 0.717) is 9.13 Å². The van der Waals surface area contributed by atoms with Crippen molar-refractivity contribution < 1.29 is 0 Å². The molecule has 0 nitrogen and oxygen atoms in total. The van der Waals surface area contributed by atoms with Crippen LogP contribution in [0.1, 0.15) is 20.8 Å². The number of rotatable bonds is 1. The Morgan fingerprint density at radius 2 is 2.00 bits per heavy atom. The summed E-state index contributed by atoms with van der Waals surface area (Å²) in [5.74, 6) is 0. The third kappa shape index (κ3) is 4.09. The fourth-order valence-electron chi connectivity index (χ4n) is 0.385. The Balaban J connectivity index is 3.03. The molecular formula is C5H12Si. The van der Waals surface area contributed by atoms with Gasteiger partial charge in [0.2, 0.25) is 0 Å². The van der Waals surface area contributed by atoms with Crippen molar-refractivity contribution in [3.63, 3.8) is 0 Å². The highest BCUT2D eigenvalue weighted by Gasteiger charge is 1.77. The second kappa shape index (κ2) is 3.28. The molecule has 36 valence electrons. The molecule has 0 atom stereocenters. The Morgan fingerprint density at radius 1 is 1.50 bits per heavy atom. The quantitative estimate of drug-likeness (QED) is 0.432. The fourth-order valence-corrected chi connectivity index (χ4v) is 1.15. The zero-order valence-corrected chi connectivity index (χ0v) is 5.89. The fraction of sp³-hybridized carbons (Fsp3) is 0.800. The van der Waals surface area contributed by atoms with Crippen LogP contribution in [0.2, 0.25) is 5.54 Å². The van der Waals surface area contributed by atoms with Crippen LogP contribution in [0.15, 0.2) is 0 Å². The summed E-state index contributed by atoms with van der Waals surface area (Å²) >= 11 is 0. The average molecular weight is 100 g/mol. The van der Waals surface area contributed by atoms with Gasteiger partial charge in [0, 0.05) is 0 Å². The monoisotopic (exact) mass is 100 g/mol. The van der Waals surface area contributed by atoms with Gasteiger partial charge in [-0.25, -0.2) is 0 Å². The van der Waals surface area contributed by atoms with Crippen LogP contribution in [0.5, 0.6) is 0 Å². The molecule has 1 heteroatoms. The Hall–Kier alpha value is 0.0869. The molecule has 0 heterocycles. The molecule has 0 saturated heterocycles. The van der Waals surface area contributed by atoms with E-state index in [4.69, 9.17) is 0 Å². The SMILES string of the molecule is CC=[SiH]C(C)C. The number of hydrogen-bond acceptors (Lipinski definition) is 0. The maximum Gasteiger partial charge on any atom is -0.00946 e. The molecule has 0 rings (SSSR count). The molecular weight excluding hydrogens is 88.1 g/mol. The molecule has 0 aromatic heterocycles. The van der Waals surface area contributed by atoms with Gasteiger partial charge in [-0.15, -0.1) is 5.67 Å². The minimum atomic E-state index is 0.639. The smallest absolute Gasteiger partial charge is 0.00946 e. The molecule has 0 unspecified atom stereocenters. The van der Waals surface area contributed by atoms with Gasteiger partial charge in [-0.1, -0.05) is 20.8 Å². The lowest BCUT2D eigenvalue weighted by Crippen LogP contribution is -1.83. The van der Waals surface area contributed by atoms with Crippen molar-refractivity contribution in [2.75, 3.05) is 0 Å². The second-order valence-corrected chi connectivity index (χ2v) is 4.15. The van der Waals surface area contributed by atoms with Gasteiger partial charge in [0.15, 0.2) is 0 Å². The molecule has 6 heavy (non-hydrogen) atoms. The van der Waals surface area contributed by atoms with Crippen LogP contribution in [-0.2, 0) is 0 Å². The standard InChI is InChI=1S/C5H12Si/c1-4-6-5(2)3/h4-6H,1-3H3. The van der Waals surface area contributed by atoms with Gasteiger partial charge in [0.1, 0.15) is 0 Å². The zero-order valence-electron chi connectivity index (χ0n) is 4.73. The minimum absolute atomic E-state index is 0.639. The normalized spacial score (nSPS) is 11.3. The third-order valence-electron chi connectivity index (χ3n) is 0.577. The molecule has 0 aliphatic carbocycles. The van der Waals surface area contributed by atoms with E-state index in [9.17, 15) is 0 Å². The predicted molar refractivity (Wildman–Crippen MR) is 34.0 cm³/mol. The van der Waals surface area contributed by atoms with E-state index in [1.807, 2.05) is 0 Å². The summed E-state index contributed by atoms with van der Waals surface area (Å²) in [5.41, 5.74) is 3.21. The Kier molecular flexibility index (Phi) is 3.33. The average Bonchev–Trinajstić information content (AvgIpc) is 1.35. The first-order valence-electron chi connectivity index (χ1n) is 2.40. The van der Waals surface area contributed by atoms with E-state index >= 15 is 0 Å². The van der Waals surface area contributed by atoms with Gasteiger partial charge in [-0.3, -0.25) is 0 Å². The zero-order chi connectivity index (χ0) is 4.99. The van der Waals surface area contributed by atoms with Crippen LogP contribution in [0, 0.1) is 0 Å². The van der Waals surface area contributed by atoms with E-state index in [0.717, 1.165) is 5.54 Å². The lowest BCUT2D eigenvalue weighted by molar-refractivity contribution is 1.07. The van der Waals surface area contributed by atoms with Crippen molar-refractivity contribution in [3.8, 4) is 0 Å². The largest absolute Gasteiger partial charge is 0.109 e. The third-order valence-corrected chi connectivity index (χ3v) is 1.73. The molecule has 0 bridgehead atoms. The van der Waals surface area contributed by atoms with Crippen LogP contribution in [0.3, 0.4) is 0 Å². The molecule has 0 aromatic carbocycles. The topological polar surface area (TPSA) is 0 Å². The Bertz CT molecular complexity index is 45.9. The summed E-state index contributed by atoms with van der Waals surface area (Å²) < 4.78 is 0. The molecule has 0 N–H and O–H groups in total. The van der Waals surface area contributed by atoms with E-state index in [1.165, 1.54) is 0 Å². The van der Waals surface area contributed by atoms with Gasteiger partial charge >= 0.3 is 0 Å². The molecule has 0 spiro atoms. The van der Waals surface area contributed by atoms with E-state index in [-0.39, 0.29) is 0 Å². The van der Waals surface area contributed by atoms with Gasteiger partial charge in [0.05, 0.1) is 0 Å². The van der Waals surface area contributed by atoms with Crippen molar-refractivity contribution >= 4 is 14.8 Å². The van der Waals surface area contributed by atoms with Crippen LogP contribution >= 0.6 is 0 Å². The van der Waals surface area contributed by atoms with Crippen LogP contribution < -0.4 is 0 Å². The van der Waals surface area contributed by atoms with Crippen LogP contribution in [-0.4, -0.2) is 14.8 Å². The molecule has 0 fully saturated rings. The first-order valence-corrected chi connectivity index (χ1v) is 3.73. The highest BCUT2D eigenvalue weighted by Crippen LogP contribution is 1.88. The van der Waals surface area contributed by atoms with Gasteiger partial charge in [-0.05, 0) is 14.7 Å². The highest BCUT2D eigenvalue weighted by atomic mass is 28.2. The second-order valence-electron chi connectivity index (χ2n) is 1.77. The summed E-state index contributed by atoms with van der Waals surface area (Å²) in [6.07, 6.45) is 0. The van der Waals surface area contributed by atoms with E-state index in [2.05, 4.69) is 26.4 Å². The van der Waals surface area contributed by atoms with Crippen molar-refractivity contribution in [2.45, 2.75) is 26.3 Å². The summed E-state index contributed by atoms with van der Waals surface area (Å²) in [5, 5.41) is 0. The first-order chi connectivity index (χ1) is 2.77. The van der Waals surface area contributed by atoms with E-state index in [1.54, 1.807) is 0 Å². The molecule has 0 aliphatic heterocycles. The van der Waals surface area contributed by atoms with Crippen molar-refractivity contribution in [1.29, 1.82) is 0 Å². The molecule has 0 amide bonds. The van der Waals surface area contributed by atoms with Gasteiger partial charge in [-0.2, -0.15) is 0 Å². The number of hydrogen-bond donors (Lipinski definition) is 0. The Morgan fingerprint density at radius 3 is 2.00 bits per heavy atom. The molecule has 0 aromatic rings. The summed E-state index contributed by atoms with van der Waals surface area (Å²) in [4.78, 5) is 0. The summed E-state index contributed by atoms with van der Waals surface area (Å²) in [7, 11) is 0.639. The highest BCUT2D eigenvalue weighted by molar-refractivity contribution is 6.47. The van der Waals surface area contributed by atoms with Crippen molar-refractivity contribution in [3.05, 3.63) is 0 Å². The van der Waals surface area contributed by atoms with Crippen molar-refractivity contribution in [1.82, 2.24) is 0 Å². The molecule has 0 aliphatic rings. The molecule has 0 saturated carbocycles. The van der Waals surface area contributed by atoms with Gasteiger partial charge in [0.25, 0.3) is 0 Å². The first kappa shape index (κ1) is 6.09. The summed E-state index contributed by atoms with van der Waals surface area (Å²) in [6.45, 7) is 6.65. The van der Waals surface area contributed by atoms with Gasteiger partial charge < -0.3 is 0 Å². The minimum Gasteiger partial charge on any atom is -0.109 e. The van der Waals surface area contributed by atoms with E-state index < -0.39 is 0 Å². The van der Waals surface area contributed by atoms with Crippen LogP contribution in [0.25, 0.3) is 0 Å². The van der Waals surface area contributed by atoms with Crippen LogP contribution in [0.4, 0.5) is 0 Å².